The normalized spacial score (nSPS) is 10.3. The molecule has 0 aliphatic rings. The molecule has 60 valence electrons. The van der Waals surface area contributed by atoms with Crippen LogP contribution in [0.5, 0.6) is 0 Å². The van der Waals surface area contributed by atoms with Crippen molar-refractivity contribution < 1.29 is 4.73 Å². The number of benzene rings is 1. The Labute approximate surface area is 69.6 Å². The highest BCUT2D eigenvalue weighted by Crippen LogP contribution is 2.15. The van der Waals surface area contributed by atoms with Crippen molar-refractivity contribution in [2.45, 2.75) is 0 Å². The van der Waals surface area contributed by atoms with Crippen LogP contribution in [-0.4, -0.2) is 0 Å². The summed E-state index contributed by atoms with van der Waals surface area (Å²) in [4.78, 5) is 0. The number of nitrogens with two attached hydrogens (primary N) is 1. The Morgan fingerprint density at radius 2 is 1.92 bits per heavy atom. The third-order valence-electron chi connectivity index (χ3n) is 1.84. The largest absolute Gasteiger partial charge is 0.618 e. The molecule has 0 bridgehead atoms. The molecule has 0 saturated carbocycles. The number of nitrogens with zero attached hydrogens (tertiary/aromatic N) is 1. The van der Waals surface area contributed by atoms with Gasteiger partial charge in [0.15, 0.2) is 6.20 Å². The zero-order valence-electron chi connectivity index (χ0n) is 6.40. The first-order chi connectivity index (χ1) is 5.79. The number of anilines is 1. The van der Waals surface area contributed by atoms with E-state index in [1.807, 2.05) is 18.2 Å². The maximum absolute atomic E-state index is 11.2. The lowest BCUT2D eigenvalue weighted by atomic mass is 10.2. The Kier molecular flexibility index (Phi) is 1.37. The summed E-state index contributed by atoms with van der Waals surface area (Å²) >= 11 is 0. The topological polar surface area (TPSA) is 53.0 Å². The third-order valence-corrected chi connectivity index (χ3v) is 1.84. The minimum absolute atomic E-state index is 0.609. The summed E-state index contributed by atoms with van der Waals surface area (Å²) in [5.74, 6) is 0. The van der Waals surface area contributed by atoms with Crippen LogP contribution in [0.15, 0.2) is 36.5 Å². The molecule has 3 nitrogen and oxygen atoms in total. The average molecular weight is 160 g/mol. The van der Waals surface area contributed by atoms with Crippen LogP contribution in [-0.2, 0) is 0 Å². The Morgan fingerprint density at radius 1 is 1.17 bits per heavy atom. The molecule has 0 atom stereocenters. The summed E-state index contributed by atoms with van der Waals surface area (Å²) in [6, 6.07) is 8.86. The fraction of sp³-hybridized carbons (Fsp3) is 0. The summed E-state index contributed by atoms with van der Waals surface area (Å²) in [6.07, 6.45) is 1.41. The molecule has 0 spiro atoms. The molecule has 1 aromatic carbocycles. The van der Waals surface area contributed by atoms with Gasteiger partial charge in [-0.2, -0.15) is 4.73 Å². The first-order valence-corrected chi connectivity index (χ1v) is 3.65. The molecule has 0 aliphatic heterocycles. The lowest BCUT2D eigenvalue weighted by Crippen LogP contribution is -2.26. The van der Waals surface area contributed by atoms with Crippen LogP contribution in [0, 0.1) is 5.21 Å². The zero-order chi connectivity index (χ0) is 8.55. The maximum Gasteiger partial charge on any atom is 0.225 e. The van der Waals surface area contributed by atoms with Gasteiger partial charge in [0.05, 0.1) is 11.1 Å². The van der Waals surface area contributed by atoms with E-state index in [4.69, 9.17) is 5.73 Å². The molecule has 2 aromatic rings. The van der Waals surface area contributed by atoms with E-state index < -0.39 is 0 Å². The summed E-state index contributed by atoms with van der Waals surface area (Å²) in [7, 11) is 0. The Bertz CT molecular complexity index is 385. The predicted octanol–water partition coefficient (Wildman–Crippen LogP) is 1.06. The van der Waals surface area contributed by atoms with Gasteiger partial charge in [-0.25, -0.2) is 0 Å². The van der Waals surface area contributed by atoms with Crippen LogP contribution in [0.1, 0.15) is 0 Å². The average Bonchev–Trinajstić information content (AvgIpc) is 2.12. The van der Waals surface area contributed by atoms with E-state index in [9.17, 15) is 5.21 Å². The van der Waals surface area contributed by atoms with E-state index >= 15 is 0 Å². The molecule has 0 aliphatic carbocycles. The highest BCUT2D eigenvalue weighted by atomic mass is 16.5. The summed E-state index contributed by atoms with van der Waals surface area (Å²) in [5.41, 5.74) is 6.92. The zero-order valence-corrected chi connectivity index (χ0v) is 6.40. The van der Waals surface area contributed by atoms with Gasteiger partial charge in [-0.15, -0.1) is 0 Å². The van der Waals surface area contributed by atoms with Crippen LogP contribution < -0.4 is 10.5 Å². The minimum Gasteiger partial charge on any atom is -0.618 e. The number of aromatic nitrogens is 1. The fourth-order valence-electron chi connectivity index (χ4n) is 1.23. The van der Waals surface area contributed by atoms with Gasteiger partial charge in [-0.05, 0) is 6.07 Å². The van der Waals surface area contributed by atoms with Crippen LogP contribution in [0.4, 0.5) is 5.69 Å². The molecule has 2 rings (SSSR count). The van der Waals surface area contributed by atoms with Crippen molar-refractivity contribution in [3.05, 3.63) is 41.7 Å². The van der Waals surface area contributed by atoms with Crippen LogP contribution in [0.25, 0.3) is 10.9 Å². The van der Waals surface area contributed by atoms with Crippen LogP contribution >= 0.6 is 0 Å². The first kappa shape index (κ1) is 6.91. The number of rotatable bonds is 0. The van der Waals surface area contributed by atoms with Crippen molar-refractivity contribution in [3.8, 4) is 0 Å². The van der Waals surface area contributed by atoms with Crippen molar-refractivity contribution in [2.75, 3.05) is 5.73 Å². The smallest absolute Gasteiger partial charge is 0.225 e. The highest BCUT2D eigenvalue weighted by molar-refractivity contribution is 5.87. The minimum atomic E-state index is 0.609. The summed E-state index contributed by atoms with van der Waals surface area (Å²) in [5, 5.41) is 12.0. The Balaban J connectivity index is 2.95. The van der Waals surface area contributed by atoms with Crippen molar-refractivity contribution >= 4 is 16.6 Å². The van der Waals surface area contributed by atoms with E-state index in [0.29, 0.717) is 11.2 Å². The second kappa shape index (κ2) is 2.37. The molecule has 0 amide bonds. The monoisotopic (exact) mass is 160 g/mol. The molecule has 0 radical (unpaired) electrons. The standard InChI is InChI=1S/C9H8N2O/c10-8-5-6-11(12)9-4-2-1-3-7(8)9/h1-6H,10H2. The van der Waals surface area contributed by atoms with Crippen molar-refractivity contribution in [1.29, 1.82) is 0 Å². The number of fused-ring (bicyclic) bond motifs is 1. The predicted molar refractivity (Wildman–Crippen MR) is 47.3 cm³/mol. The lowest BCUT2D eigenvalue weighted by Gasteiger charge is -2.02. The highest BCUT2D eigenvalue weighted by Gasteiger charge is 2.03. The number of hydrogen-bond donors (Lipinski definition) is 1. The fourth-order valence-corrected chi connectivity index (χ4v) is 1.23. The number of para-hydroxylation sites is 1. The molecule has 1 aromatic heterocycles. The molecule has 2 N–H and O–H groups in total. The maximum atomic E-state index is 11.2. The second-order valence-electron chi connectivity index (χ2n) is 2.61. The number of nitrogen functional groups attached to an aromatic ring is 1. The van der Waals surface area contributed by atoms with Gasteiger partial charge >= 0.3 is 0 Å². The van der Waals surface area contributed by atoms with Crippen LogP contribution in [0.3, 0.4) is 0 Å². The lowest BCUT2D eigenvalue weighted by molar-refractivity contribution is -0.576. The van der Waals surface area contributed by atoms with Gasteiger partial charge in [0.25, 0.3) is 0 Å². The van der Waals surface area contributed by atoms with E-state index in [1.165, 1.54) is 6.20 Å². The van der Waals surface area contributed by atoms with E-state index in [-0.39, 0.29) is 0 Å². The van der Waals surface area contributed by atoms with Crippen molar-refractivity contribution in [3.63, 3.8) is 0 Å². The van der Waals surface area contributed by atoms with Gasteiger partial charge in [-0.3, -0.25) is 0 Å². The van der Waals surface area contributed by atoms with Crippen molar-refractivity contribution in [1.82, 2.24) is 0 Å². The molecule has 3 heteroatoms. The van der Waals surface area contributed by atoms with Crippen LogP contribution in [0.2, 0.25) is 0 Å². The van der Waals surface area contributed by atoms with Gasteiger partial charge in [0.1, 0.15) is 0 Å². The SMILES string of the molecule is Nc1cc[n+]([O-])c2ccccc12. The van der Waals surface area contributed by atoms with Gasteiger partial charge in [0.2, 0.25) is 5.52 Å². The van der Waals surface area contributed by atoms with Gasteiger partial charge < -0.3 is 10.9 Å². The quantitative estimate of drug-likeness (QED) is 0.462. The third kappa shape index (κ3) is 0.871. The Morgan fingerprint density at radius 3 is 2.67 bits per heavy atom. The van der Waals surface area contributed by atoms with Gasteiger partial charge in [-0.1, -0.05) is 12.1 Å². The number of hydrogen-bond acceptors (Lipinski definition) is 2. The second-order valence-corrected chi connectivity index (χ2v) is 2.61. The summed E-state index contributed by atoms with van der Waals surface area (Å²) < 4.78 is 0.811. The molecule has 1 heterocycles. The molecular formula is C9H8N2O. The van der Waals surface area contributed by atoms with E-state index in [1.54, 1.807) is 12.1 Å². The molecule has 0 unspecified atom stereocenters. The van der Waals surface area contributed by atoms with Crippen molar-refractivity contribution in [2.24, 2.45) is 0 Å². The molecule has 12 heavy (non-hydrogen) atoms. The Hall–Kier alpha value is -1.77. The number of pyridine rings is 1. The molecule has 0 fully saturated rings. The molecule has 0 saturated heterocycles. The first-order valence-electron chi connectivity index (χ1n) is 3.65. The van der Waals surface area contributed by atoms with Gasteiger partial charge in [0, 0.05) is 12.1 Å². The van der Waals surface area contributed by atoms with E-state index in [2.05, 4.69) is 0 Å². The van der Waals surface area contributed by atoms with E-state index in [0.717, 1.165) is 10.1 Å². The summed E-state index contributed by atoms with van der Waals surface area (Å²) in [6.45, 7) is 0. The molecular weight excluding hydrogens is 152 g/mol.